The van der Waals surface area contributed by atoms with Crippen LogP contribution in [0.15, 0.2) is 0 Å². The first kappa shape index (κ1) is 16.7. The van der Waals surface area contributed by atoms with Crippen LogP contribution in [0.4, 0.5) is 0 Å². The Balaban J connectivity index is 2.15. The second kappa shape index (κ2) is 9.52. The van der Waals surface area contributed by atoms with E-state index in [2.05, 4.69) is 19.2 Å². The van der Waals surface area contributed by atoms with Gasteiger partial charge in [-0.2, -0.15) is 0 Å². The van der Waals surface area contributed by atoms with Crippen molar-refractivity contribution in [3.05, 3.63) is 0 Å². The largest absolute Gasteiger partial charge is 0.305 e. The third-order valence-corrected chi connectivity index (χ3v) is 4.46. The van der Waals surface area contributed by atoms with Crippen LogP contribution in [0.5, 0.6) is 0 Å². The first-order valence-electron chi connectivity index (χ1n) is 8.53. The summed E-state index contributed by atoms with van der Waals surface area (Å²) in [6.07, 6.45) is 14.2. The third kappa shape index (κ3) is 5.64. The monoisotopic (exact) mass is 267 g/mol. The average molecular weight is 267 g/mol. The highest BCUT2D eigenvalue weighted by Gasteiger charge is 2.38. The molecule has 1 unspecified atom stereocenters. The minimum atomic E-state index is -0.142. The van der Waals surface area contributed by atoms with Crippen LogP contribution >= 0.6 is 0 Å². The summed E-state index contributed by atoms with van der Waals surface area (Å²) in [5.41, 5.74) is -0.142. The summed E-state index contributed by atoms with van der Waals surface area (Å²) in [5, 5.41) is 3.49. The average Bonchev–Trinajstić information content (AvgIpc) is 2.88. The zero-order chi connectivity index (χ0) is 14.0. The summed E-state index contributed by atoms with van der Waals surface area (Å²) >= 11 is 0. The lowest BCUT2D eigenvalue weighted by Crippen LogP contribution is -2.47. The molecule has 2 heteroatoms. The van der Waals surface area contributed by atoms with Crippen molar-refractivity contribution in [3.8, 4) is 0 Å². The number of carbonyl (C=O) groups excluding carboxylic acids is 1. The molecule has 1 heterocycles. The van der Waals surface area contributed by atoms with Gasteiger partial charge in [-0.15, -0.1) is 0 Å². The molecule has 0 spiro atoms. The van der Waals surface area contributed by atoms with Gasteiger partial charge in [-0.05, 0) is 32.2 Å². The van der Waals surface area contributed by atoms with Gasteiger partial charge in [0.2, 0.25) is 0 Å². The number of hydrogen-bond donors (Lipinski definition) is 1. The summed E-state index contributed by atoms with van der Waals surface area (Å²) in [7, 11) is 0. The molecule has 1 aliphatic heterocycles. The van der Waals surface area contributed by atoms with E-state index in [4.69, 9.17) is 0 Å². The van der Waals surface area contributed by atoms with Gasteiger partial charge in [0, 0.05) is 6.42 Å². The van der Waals surface area contributed by atoms with Gasteiger partial charge in [0.25, 0.3) is 0 Å². The van der Waals surface area contributed by atoms with Crippen molar-refractivity contribution >= 4 is 5.78 Å². The Morgan fingerprint density at radius 3 is 2.26 bits per heavy atom. The molecule has 0 aliphatic carbocycles. The molecule has 0 saturated carbocycles. The van der Waals surface area contributed by atoms with E-state index in [9.17, 15) is 4.79 Å². The van der Waals surface area contributed by atoms with E-state index in [-0.39, 0.29) is 5.54 Å². The van der Waals surface area contributed by atoms with E-state index in [1.54, 1.807) is 0 Å². The van der Waals surface area contributed by atoms with Crippen LogP contribution < -0.4 is 5.32 Å². The van der Waals surface area contributed by atoms with Crippen LogP contribution in [0.1, 0.15) is 90.9 Å². The Kier molecular flexibility index (Phi) is 8.36. The Hall–Kier alpha value is -0.370. The lowest BCUT2D eigenvalue weighted by molar-refractivity contribution is -0.125. The zero-order valence-corrected chi connectivity index (χ0v) is 13.1. The fraction of sp³-hybridized carbons (Fsp3) is 0.941. The van der Waals surface area contributed by atoms with Crippen LogP contribution in [0, 0.1) is 0 Å². The molecular weight excluding hydrogens is 234 g/mol. The van der Waals surface area contributed by atoms with Crippen LogP contribution in [0.25, 0.3) is 0 Å². The normalized spacial score (nSPS) is 22.8. The second-order valence-corrected chi connectivity index (χ2v) is 6.16. The van der Waals surface area contributed by atoms with E-state index in [0.29, 0.717) is 5.78 Å². The lowest BCUT2D eigenvalue weighted by atomic mass is 9.85. The Labute approximate surface area is 119 Å². The van der Waals surface area contributed by atoms with Gasteiger partial charge in [-0.1, -0.05) is 58.8 Å². The number of nitrogens with one attached hydrogen (secondary N) is 1. The first-order valence-corrected chi connectivity index (χ1v) is 8.53. The molecule has 1 aliphatic rings. The maximum absolute atomic E-state index is 12.4. The highest BCUT2D eigenvalue weighted by Crippen LogP contribution is 2.27. The summed E-state index contributed by atoms with van der Waals surface area (Å²) in [6, 6.07) is 0. The molecule has 0 aromatic rings. The lowest BCUT2D eigenvalue weighted by Gasteiger charge is -2.27. The quantitative estimate of drug-likeness (QED) is 0.553. The van der Waals surface area contributed by atoms with Crippen molar-refractivity contribution in [1.82, 2.24) is 5.32 Å². The van der Waals surface area contributed by atoms with Crippen LogP contribution in [0.2, 0.25) is 0 Å². The predicted octanol–water partition coefficient (Wildman–Crippen LogP) is 4.62. The van der Waals surface area contributed by atoms with E-state index in [1.807, 2.05) is 0 Å². The fourth-order valence-corrected chi connectivity index (χ4v) is 3.31. The molecule has 1 rings (SSSR count). The smallest absolute Gasteiger partial charge is 0.152 e. The topological polar surface area (TPSA) is 29.1 Å². The molecule has 0 aromatic heterocycles. The highest BCUT2D eigenvalue weighted by molar-refractivity contribution is 5.88. The van der Waals surface area contributed by atoms with E-state index in [1.165, 1.54) is 44.9 Å². The molecule has 0 bridgehead atoms. The van der Waals surface area contributed by atoms with Crippen molar-refractivity contribution in [2.75, 3.05) is 6.54 Å². The van der Waals surface area contributed by atoms with Crippen molar-refractivity contribution in [1.29, 1.82) is 0 Å². The number of ketones is 1. The van der Waals surface area contributed by atoms with Gasteiger partial charge >= 0.3 is 0 Å². The molecule has 1 fully saturated rings. The first-order chi connectivity index (χ1) is 9.25. The Morgan fingerprint density at radius 2 is 1.68 bits per heavy atom. The van der Waals surface area contributed by atoms with Crippen molar-refractivity contribution < 1.29 is 4.79 Å². The molecular formula is C17H33NO. The molecule has 1 saturated heterocycles. The SMILES string of the molecule is CCCCCCCCCC(=O)C1(CCC)CCCN1. The van der Waals surface area contributed by atoms with Crippen molar-refractivity contribution in [3.63, 3.8) is 0 Å². The number of hydrogen-bond acceptors (Lipinski definition) is 2. The molecule has 2 nitrogen and oxygen atoms in total. The number of rotatable bonds is 11. The van der Waals surface area contributed by atoms with Crippen molar-refractivity contribution in [2.45, 2.75) is 96.4 Å². The molecule has 0 aromatic carbocycles. The van der Waals surface area contributed by atoms with Gasteiger partial charge in [0.05, 0.1) is 5.54 Å². The van der Waals surface area contributed by atoms with E-state index >= 15 is 0 Å². The van der Waals surface area contributed by atoms with E-state index < -0.39 is 0 Å². The fourth-order valence-electron chi connectivity index (χ4n) is 3.31. The van der Waals surface area contributed by atoms with Gasteiger partial charge in [0.1, 0.15) is 0 Å². The highest BCUT2D eigenvalue weighted by atomic mass is 16.1. The minimum Gasteiger partial charge on any atom is -0.305 e. The van der Waals surface area contributed by atoms with Crippen molar-refractivity contribution in [2.24, 2.45) is 0 Å². The molecule has 112 valence electrons. The van der Waals surface area contributed by atoms with Gasteiger partial charge in [0.15, 0.2) is 5.78 Å². The molecule has 0 radical (unpaired) electrons. The molecule has 1 N–H and O–H groups in total. The molecule has 19 heavy (non-hydrogen) atoms. The number of carbonyl (C=O) groups is 1. The predicted molar refractivity (Wildman–Crippen MR) is 82.5 cm³/mol. The third-order valence-electron chi connectivity index (χ3n) is 4.46. The van der Waals surface area contributed by atoms with E-state index in [0.717, 1.165) is 38.6 Å². The summed E-state index contributed by atoms with van der Waals surface area (Å²) in [6.45, 7) is 5.46. The molecule has 1 atom stereocenters. The Bertz CT molecular complexity index is 244. The van der Waals surface area contributed by atoms with Crippen LogP contribution in [0.3, 0.4) is 0 Å². The maximum Gasteiger partial charge on any atom is 0.152 e. The zero-order valence-electron chi connectivity index (χ0n) is 13.1. The van der Waals surface area contributed by atoms with Gasteiger partial charge in [-0.3, -0.25) is 4.79 Å². The summed E-state index contributed by atoms with van der Waals surface area (Å²) in [5.74, 6) is 0.486. The van der Waals surface area contributed by atoms with Crippen LogP contribution in [-0.4, -0.2) is 17.9 Å². The number of Topliss-reactive ketones (excluding diaryl/α,β-unsaturated/α-hetero) is 1. The summed E-state index contributed by atoms with van der Waals surface area (Å²) < 4.78 is 0. The second-order valence-electron chi connectivity index (χ2n) is 6.16. The maximum atomic E-state index is 12.4. The number of unbranched alkanes of at least 4 members (excludes halogenated alkanes) is 6. The van der Waals surface area contributed by atoms with Crippen LogP contribution in [-0.2, 0) is 4.79 Å². The Morgan fingerprint density at radius 1 is 1.00 bits per heavy atom. The molecule has 0 amide bonds. The summed E-state index contributed by atoms with van der Waals surface area (Å²) in [4.78, 5) is 12.4. The van der Waals surface area contributed by atoms with Gasteiger partial charge < -0.3 is 5.32 Å². The standard InChI is InChI=1S/C17H33NO/c1-3-5-6-7-8-9-10-12-16(19)17(13-4-2)14-11-15-18-17/h18H,3-15H2,1-2H3. The minimum absolute atomic E-state index is 0.142. The van der Waals surface area contributed by atoms with Gasteiger partial charge in [-0.25, -0.2) is 0 Å².